The fourth-order valence-electron chi connectivity index (χ4n) is 1.63. The topological polar surface area (TPSA) is 25.2 Å². The molecule has 0 amide bonds. The van der Waals surface area contributed by atoms with Crippen LogP contribution in [0.5, 0.6) is 0 Å². The summed E-state index contributed by atoms with van der Waals surface area (Å²) in [5.74, 6) is 0. The molecular weight excluding hydrogens is 210 g/mol. The van der Waals surface area contributed by atoms with Crippen molar-refractivity contribution in [2.45, 2.75) is 32.2 Å². The monoisotopic (exact) mass is 227 g/mol. The normalized spacial score (nSPS) is 12.7. The first-order valence-corrected chi connectivity index (χ1v) is 5.74. The van der Waals surface area contributed by atoms with Crippen LogP contribution >= 0.6 is 11.6 Å². The Labute approximate surface area is 96.3 Å². The minimum atomic E-state index is 0.293. The van der Waals surface area contributed by atoms with Crippen LogP contribution in [0.1, 0.15) is 37.8 Å². The Hall–Kier alpha value is -0.730. The fourth-order valence-corrected chi connectivity index (χ4v) is 1.88. The molecule has 0 aliphatic rings. The van der Waals surface area contributed by atoms with E-state index in [1.807, 2.05) is 12.1 Å². The summed E-state index contributed by atoms with van der Waals surface area (Å²) >= 11 is 5.96. The first-order valence-electron chi connectivity index (χ1n) is 5.36. The summed E-state index contributed by atoms with van der Waals surface area (Å²) in [6.45, 7) is 6.74. The Morgan fingerprint density at radius 2 is 2.47 bits per heavy atom. The Kier molecular flexibility index (Phi) is 5.51. The zero-order valence-electron chi connectivity index (χ0n) is 9.13. The van der Waals surface area contributed by atoms with Crippen molar-refractivity contribution < 1.29 is 4.42 Å². The first-order chi connectivity index (χ1) is 7.29. The minimum Gasteiger partial charge on any atom is -0.453 e. The fraction of sp³-hybridized carbons (Fsp3) is 0.500. The van der Waals surface area contributed by atoms with Crippen molar-refractivity contribution in [3.8, 4) is 0 Å². The van der Waals surface area contributed by atoms with Gasteiger partial charge in [-0.2, -0.15) is 0 Å². The van der Waals surface area contributed by atoms with E-state index < -0.39 is 0 Å². The van der Waals surface area contributed by atoms with Crippen molar-refractivity contribution in [3.63, 3.8) is 0 Å². The summed E-state index contributed by atoms with van der Waals surface area (Å²) in [5, 5.41) is 3.91. The van der Waals surface area contributed by atoms with Gasteiger partial charge in [-0.15, -0.1) is 6.58 Å². The molecule has 1 unspecified atom stereocenters. The highest BCUT2D eigenvalue weighted by Gasteiger charge is 2.15. The summed E-state index contributed by atoms with van der Waals surface area (Å²) in [6, 6.07) is 2.23. The third-order valence-corrected chi connectivity index (χ3v) is 2.68. The average molecular weight is 228 g/mol. The van der Waals surface area contributed by atoms with Crippen LogP contribution in [0.15, 0.2) is 29.4 Å². The highest BCUT2D eigenvalue weighted by Crippen LogP contribution is 2.27. The molecule has 1 atom stereocenters. The van der Waals surface area contributed by atoms with Crippen molar-refractivity contribution in [1.29, 1.82) is 0 Å². The summed E-state index contributed by atoms with van der Waals surface area (Å²) in [7, 11) is 0. The highest BCUT2D eigenvalue weighted by atomic mass is 35.5. The van der Waals surface area contributed by atoms with Crippen LogP contribution in [0.25, 0.3) is 0 Å². The van der Waals surface area contributed by atoms with Gasteiger partial charge in [-0.25, -0.2) is 0 Å². The number of halogens is 1. The summed E-state index contributed by atoms with van der Waals surface area (Å²) in [5.41, 5.74) is 1.06. The number of nitrogens with one attached hydrogen (secondary N) is 1. The van der Waals surface area contributed by atoms with E-state index in [4.69, 9.17) is 16.0 Å². The lowest BCUT2D eigenvalue weighted by Gasteiger charge is -2.16. The largest absolute Gasteiger partial charge is 0.453 e. The third kappa shape index (κ3) is 3.73. The third-order valence-electron chi connectivity index (χ3n) is 2.37. The van der Waals surface area contributed by atoms with E-state index in [1.54, 1.807) is 6.26 Å². The maximum absolute atomic E-state index is 5.96. The van der Waals surface area contributed by atoms with Gasteiger partial charge < -0.3 is 9.73 Å². The predicted octanol–water partition coefficient (Wildman–Crippen LogP) is 3.94. The number of hydrogen-bond donors (Lipinski definition) is 1. The van der Waals surface area contributed by atoms with Crippen molar-refractivity contribution in [1.82, 2.24) is 5.32 Å². The van der Waals surface area contributed by atoms with Gasteiger partial charge >= 0.3 is 0 Å². The SMILES string of the molecule is C=CCCCC(NCC)c1ccoc1Cl. The van der Waals surface area contributed by atoms with Gasteiger partial charge in [0.1, 0.15) is 0 Å². The first kappa shape index (κ1) is 12.3. The van der Waals surface area contributed by atoms with Crippen molar-refractivity contribution in [2.75, 3.05) is 6.54 Å². The van der Waals surface area contributed by atoms with E-state index in [9.17, 15) is 0 Å². The Bertz CT molecular complexity index is 296. The standard InChI is InChI=1S/C12H18ClNO/c1-3-5-6-7-11(14-4-2)10-8-9-15-12(10)13/h3,8-9,11,14H,1,4-7H2,2H3. The van der Waals surface area contributed by atoms with Crippen LogP contribution in [0.3, 0.4) is 0 Å². The molecule has 1 aromatic heterocycles. The summed E-state index contributed by atoms with van der Waals surface area (Å²) in [4.78, 5) is 0. The molecule has 0 spiro atoms. The Balaban J connectivity index is 2.57. The number of unbranched alkanes of at least 4 members (excludes halogenated alkanes) is 1. The number of furan rings is 1. The van der Waals surface area contributed by atoms with E-state index in [-0.39, 0.29) is 0 Å². The second-order valence-electron chi connectivity index (χ2n) is 3.48. The lowest BCUT2D eigenvalue weighted by atomic mass is 10.0. The van der Waals surface area contributed by atoms with Gasteiger partial charge in [-0.3, -0.25) is 0 Å². The maximum atomic E-state index is 5.96. The molecule has 0 radical (unpaired) electrons. The van der Waals surface area contributed by atoms with E-state index in [2.05, 4.69) is 18.8 Å². The number of allylic oxidation sites excluding steroid dienone is 1. The van der Waals surface area contributed by atoms with Gasteiger partial charge in [0, 0.05) is 11.6 Å². The Morgan fingerprint density at radius 1 is 1.67 bits per heavy atom. The zero-order valence-corrected chi connectivity index (χ0v) is 9.89. The van der Waals surface area contributed by atoms with Gasteiger partial charge in [0.05, 0.1) is 6.26 Å². The molecule has 0 aliphatic heterocycles. The Morgan fingerprint density at radius 3 is 3.00 bits per heavy atom. The molecule has 0 saturated heterocycles. The van der Waals surface area contributed by atoms with E-state index >= 15 is 0 Å². The smallest absolute Gasteiger partial charge is 0.197 e. The van der Waals surface area contributed by atoms with Gasteiger partial charge in [-0.05, 0) is 43.5 Å². The molecule has 0 aliphatic carbocycles. The van der Waals surface area contributed by atoms with Gasteiger partial charge in [0.15, 0.2) is 5.22 Å². The molecule has 84 valence electrons. The quantitative estimate of drug-likeness (QED) is 0.564. The maximum Gasteiger partial charge on any atom is 0.197 e. The molecular formula is C12H18ClNO. The summed E-state index contributed by atoms with van der Waals surface area (Å²) < 4.78 is 5.10. The van der Waals surface area contributed by atoms with Crippen molar-refractivity contribution in [2.24, 2.45) is 0 Å². The van der Waals surface area contributed by atoms with Crippen molar-refractivity contribution in [3.05, 3.63) is 35.8 Å². The lowest BCUT2D eigenvalue weighted by molar-refractivity contribution is 0.490. The average Bonchev–Trinajstić information content (AvgIpc) is 2.64. The second kappa shape index (κ2) is 6.70. The van der Waals surface area contributed by atoms with Crippen LogP contribution in [0.2, 0.25) is 5.22 Å². The molecule has 0 bridgehead atoms. The molecule has 1 aromatic rings. The van der Waals surface area contributed by atoms with E-state index in [1.165, 1.54) is 0 Å². The van der Waals surface area contributed by atoms with Crippen molar-refractivity contribution >= 4 is 11.6 Å². The predicted molar refractivity (Wildman–Crippen MR) is 64.2 cm³/mol. The molecule has 0 fully saturated rings. The van der Waals surface area contributed by atoms with Crippen LogP contribution in [-0.4, -0.2) is 6.54 Å². The molecule has 0 aromatic carbocycles. The van der Waals surface area contributed by atoms with Crippen LogP contribution in [0, 0.1) is 0 Å². The van der Waals surface area contributed by atoms with Gasteiger partial charge in [0.25, 0.3) is 0 Å². The molecule has 1 heterocycles. The molecule has 1 rings (SSSR count). The van der Waals surface area contributed by atoms with Crippen LogP contribution in [-0.2, 0) is 0 Å². The second-order valence-corrected chi connectivity index (χ2v) is 3.82. The van der Waals surface area contributed by atoms with Crippen LogP contribution in [0.4, 0.5) is 0 Å². The number of hydrogen-bond acceptors (Lipinski definition) is 2. The summed E-state index contributed by atoms with van der Waals surface area (Å²) in [6.07, 6.45) is 6.79. The van der Waals surface area contributed by atoms with Gasteiger partial charge in [-0.1, -0.05) is 13.0 Å². The number of rotatable bonds is 7. The molecule has 0 saturated carbocycles. The minimum absolute atomic E-state index is 0.293. The van der Waals surface area contributed by atoms with E-state index in [0.29, 0.717) is 11.3 Å². The molecule has 2 nitrogen and oxygen atoms in total. The zero-order chi connectivity index (χ0) is 11.1. The van der Waals surface area contributed by atoms with Crippen LogP contribution < -0.4 is 5.32 Å². The molecule has 3 heteroatoms. The van der Waals surface area contributed by atoms with E-state index in [0.717, 1.165) is 31.4 Å². The molecule has 1 N–H and O–H groups in total. The highest BCUT2D eigenvalue weighted by molar-refractivity contribution is 6.29. The molecule has 15 heavy (non-hydrogen) atoms. The van der Waals surface area contributed by atoms with Gasteiger partial charge in [0.2, 0.25) is 0 Å². The lowest BCUT2D eigenvalue weighted by Crippen LogP contribution is -2.20.